The van der Waals surface area contributed by atoms with Crippen LogP contribution in [-0.2, 0) is 0 Å². The van der Waals surface area contributed by atoms with Crippen molar-refractivity contribution in [3.05, 3.63) is 0 Å². The van der Waals surface area contributed by atoms with Crippen LogP contribution in [0.25, 0.3) is 0 Å². The largest absolute Gasteiger partial charge is 0.329 e. The number of nitrogens with zero attached hydrogens (tertiary/aromatic N) is 1. The first-order valence-electron chi connectivity index (χ1n) is 4.69. The highest BCUT2D eigenvalue weighted by molar-refractivity contribution is 4.88. The zero-order valence-electron chi connectivity index (χ0n) is 8.26. The summed E-state index contributed by atoms with van der Waals surface area (Å²) in [6.45, 7) is 5.15. The van der Waals surface area contributed by atoms with Crippen LogP contribution in [0.2, 0.25) is 0 Å². The van der Waals surface area contributed by atoms with Crippen molar-refractivity contribution in [2.24, 2.45) is 11.1 Å². The van der Waals surface area contributed by atoms with Crippen molar-refractivity contribution in [3.63, 3.8) is 0 Å². The normalized spacial score (nSPS) is 24.9. The van der Waals surface area contributed by atoms with Gasteiger partial charge in [0.1, 0.15) is 0 Å². The van der Waals surface area contributed by atoms with Gasteiger partial charge in [-0.1, -0.05) is 13.8 Å². The third kappa shape index (κ3) is 2.38. The fraction of sp³-hybridized carbons (Fsp3) is 1.00. The Morgan fingerprint density at radius 1 is 1.54 bits per heavy atom. The molecule has 13 heavy (non-hydrogen) atoms. The van der Waals surface area contributed by atoms with Gasteiger partial charge in [-0.25, -0.2) is 8.78 Å². The Morgan fingerprint density at radius 2 is 2.15 bits per heavy atom. The number of hydrogen-bond donors (Lipinski definition) is 1. The molecule has 2 nitrogen and oxygen atoms in total. The maximum absolute atomic E-state index is 12.5. The van der Waals surface area contributed by atoms with Crippen molar-refractivity contribution in [1.82, 2.24) is 4.90 Å². The van der Waals surface area contributed by atoms with Crippen molar-refractivity contribution in [1.29, 1.82) is 0 Å². The van der Waals surface area contributed by atoms with Crippen LogP contribution in [0.4, 0.5) is 8.78 Å². The zero-order valence-corrected chi connectivity index (χ0v) is 8.26. The van der Waals surface area contributed by atoms with E-state index in [0.29, 0.717) is 19.1 Å². The van der Waals surface area contributed by atoms with E-state index in [-0.39, 0.29) is 0 Å². The fourth-order valence-corrected chi connectivity index (χ4v) is 1.56. The molecular formula is C9H18F2N2. The maximum atomic E-state index is 12.5. The average molecular weight is 192 g/mol. The predicted molar refractivity (Wildman–Crippen MR) is 48.8 cm³/mol. The lowest BCUT2D eigenvalue weighted by Gasteiger charge is -2.44. The molecule has 1 aliphatic heterocycles. The summed E-state index contributed by atoms with van der Waals surface area (Å²) >= 11 is 0. The van der Waals surface area contributed by atoms with E-state index in [0.717, 1.165) is 13.0 Å². The molecule has 1 rings (SSSR count). The van der Waals surface area contributed by atoms with Crippen LogP contribution in [0.15, 0.2) is 0 Å². The molecule has 0 aromatic carbocycles. The molecule has 1 aliphatic rings. The lowest BCUT2D eigenvalue weighted by atomic mass is 9.90. The molecule has 0 aromatic rings. The Bertz CT molecular complexity index is 169. The number of alkyl halides is 2. The van der Waals surface area contributed by atoms with Crippen LogP contribution in [0, 0.1) is 5.41 Å². The van der Waals surface area contributed by atoms with Gasteiger partial charge in [-0.05, 0) is 6.42 Å². The molecule has 2 N–H and O–H groups in total. The predicted octanol–water partition coefficient (Wildman–Crippen LogP) is 1.31. The van der Waals surface area contributed by atoms with Gasteiger partial charge in [0.15, 0.2) is 0 Å². The molecule has 0 spiro atoms. The first-order chi connectivity index (χ1) is 5.97. The van der Waals surface area contributed by atoms with Crippen LogP contribution < -0.4 is 5.73 Å². The third-order valence-electron chi connectivity index (χ3n) is 2.74. The van der Waals surface area contributed by atoms with Gasteiger partial charge in [-0.15, -0.1) is 0 Å². The van der Waals surface area contributed by atoms with Crippen molar-refractivity contribution in [3.8, 4) is 0 Å². The summed E-state index contributed by atoms with van der Waals surface area (Å²) < 4.78 is 25.0. The number of hydrogen-bond acceptors (Lipinski definition) is 2. The summed E-state index contributed by atoms with van der Waals surface area (Å²) in [5, 5.41) is 0. The van der Waals surface area contributed by atoms with E-state index in [1.807, 2.05) is 4.90 Å². The van der Waals surface area contributed by atoms with Gasteiger partial charge in [-0.2, -0.15) is 0 Å². The monoisotopic (exact) mass is 192 g/mol. The Labute approximate surface area is 78.1 Å². The van der Waals surface area contributed by atoms with E-state index in [2.05, 4.69) is 0 Å². The van der Waals surface area contributed by atoms with E-state index in [4.69, 9.17) is 5.73 Å². The lowest BCUT2D eigenvalue weighted by molar-refractivity contribution is -0.0344. The van der Waals surface area contributed by atoms with Gasteiger partial charge in [0.05, 0.1) is 0 Å². The highest BCUT2D eigenvalue weighted by Gasteiger charge is 2.36. The summed E-state index contributed by atoms with van der Waals surface area (Å²) in [6, 6.07) is 0.332. The number of likely N-dealkylation sites (tertiary alicyclic amines) is 1. The lowest BCUT2D eigenvalue weighted by Crippen LogP contribution is -2.55. The third-order valence-corrected chi connectivity index (χ3v) is 2.74. The van der Waals surface area contributed by atoms with E-state index < -0.39 is 11.8 Å². The Kier molecular flexibility index (Phi) is 3.24. The van der Waals surface area contributed by atoms with Crippen molar-refractivity contribution in [2.75, 3.05) is 19.6 Å². The quantitative estimate of drug-likeness (QED) is 0.727. The second kappa shape index (κ2) is 3.88. The minimum Gasteiger partial charge on any atom is -0.329 e. The van der Waals surface area contributed by atoms with Gasteiger partial charge in [0, 0.05) is 31.1 Å². The van der Waals surface area contributed by atoms with Gasteiger partial charge < -0.3 is 5.73 Å². The minimum atomic E-state index is -2.26. The molecule has 0 saturated carbocycles. The minimum absolute atomic E-state index is 0.332. The Hall–Kier alpha value is -0.220. The molecule has 78 valence electrons. The molecule has 1 unspecified atom stereocenters. The molecule has 1 atom stereocenters. The van der Waals surface area contributed by atoms with Crippen molar-refractivity contribution in [2.45, 2.75) is 32.7 Å². The first-order valence-corrected chi connectivity index (χ1v) is 4.69. The standard InChI is InChI=1S/C9H18F2N2/c1-9(2,8(10)11)6-13-4-3-7(13)5-12/h7-8H,3-6,12H2,1-2H3. The number of nitrogens with two attached hydrogens (primary N) is 1. The second-order valence-corrected chi connectivity index (χ2v) is 4.44. The molecule has 0 radical (unpaired) electrons. The van der Waals surface area contributed by atoms with Crippen LogP contribution in [-0.4, -0.2) is 37.0 Å². The van der Waals surface area contributed by atoms with Crippen LogP contribution in [0.1, 0.15) is 20.3 Å². The van der Waals surface area contributed by atoms with Gasteiger partial charge in [0.2, 0.25) is 6.43 Å². The van der Waals surface area contributed by atoms with E-state index in [1.165, 1.54) is 0 Å². The number of halogens is 2. The summed E-state index contributed by atoms with van der Waals surface area (Å²) in [5.41, 5.74) is 4.58. The van der Waals surface area contributed by atoms with Gasteiger partial charge >= 0.3 is 0 Å². The summed E-state index contributed by atoms with van der Waals surface area (Å²) in [7, 11) is 0. The van der Waals surface area contributed by atoms with Crippen molar-refractivity contribution >= 4 is 0 Å². The van der Waals surface area contributed by atoms with Gasteiger partial charge in [-0.3, -0.25) is 4.90 Å². The summed E-state index contributed by atoms with van der Waals surface area (Å²) in [5.74, 6) is 0. The smallest absolute Gasteiger partial charge is 0.244 e. The van der Waals surface area contributed by atoms with E-state index >= 15 is 0 Å². The molecule has 0 bridgehead atoms. The zero-order chi connectivity index (χ0) is 10.1. The fourth-order valence-electron chi connectivity index (χ4n) is 1.56. The first kappa shape index (κ1) is 10.9. The van der Waals surface area contributed by atoms with Crippen LogP contribution in [0.3, 0.4) is 0 Å². The maximum Gasteiger partial charge on any atom is 0.244 e. The van der Waals surface area contributed by atoms with Crippen molar-refractivity contribution < 1.29 is 8.78 Å². The molecule has 1 heterocycles. The Morgan fingerprint density at radius 3 is 2.46 bits per heavy atom. The molecule has 0 aliphatic carbocycles. The molecule has 0 amide bonds. The van der Waals surface area contributed by atoms with Gasteiger partial charge in [0.25, 0.3) is 0 Å². The SMILES string of the molecule is CC(C)(CN1CCC1CN)C(F)F. The molecular weight excluding hydrogens is 174 g/mol. The second-order valence-electron chi connectivity index (χ2n) is 4.44. The topological polar surface area (TPSA) is 29.3 Å². The number of rotatable bonds is 4. The average Bonchev–Trinajstić information content (AvgIpc) is 1.99. The molecule has 4 heteroatoms. The highest BCUT2D eigenvalue weighted by Crippen LogP contribution is 2.29. The summed E-state index contributed by atoms with van der Waals surface area (Å²) in [4.78, 5) is 2.05. The Balaban J connectivity index is 2.39. The summed E-state index contributed by atoms with van der Waals surface area (Å²) in [6.07, 6.45) is -1.21. The molecule has 1 saturated heterocycles. The van der Waals surface area contributed by atoms with E-state index in [1.54, 1.807) is 13.8 Å². The highest BCUT2D eigenvalue weighted by atomic mass is 19.3. The van der Waals surface area contributed by atoms with Crippen LogP contribution in [0.5, 0.6) is 0 Å². The van der Waals surface area contributed by atoms with E-state index in [9.17, 15) is 8.78 Å². The van der Waals surface area contributed by atoms with Crippen LogP contribution >= 0.6 is 0 Å². The molecule has 1 fully saturated rings. The molecule has 0 aromatic heterocycles.